The van der Waals surface area contributed by atoms with E-state index in [0.717, 1.165) is 12.3 Å². The Bertz CT molecular complexity index is 271. The highest BCUT2D eigenvalue weighted by Crippen LogP contribution is 2.12. The number of hydrogen-bond donors (Lipinski definition) is 1. The Morgan fingerprint density at radius 3 is 2.47 bits per heavy atom. The van der Waals surface area contributed by atoms with Crippen LogP contribution in [0.3, 0.4) is 0 Å². The van der Waals surface area contributed by atoms with Gasteiger partial charge in [0.05, 0.1) is 6.10 Å². The van der Waals surface area contributed by atoms with Crippen molar-refractivity contribution in [1.29, 1.82) is 0 Å². The molecule has 0 aliphatic carbocycles. The van der Waals surface area contributed by atoms with Gasteiger partial charge in [0.25, 0.3) is 0 Å². The quantitative estimate of drug-likeness (QED) is 0.775. The molecular weight excluding hydrogens is 190 g/mol. The number of methoxy groups -OCH3 is 1. The van der Waals surface area contributed by atoms with E-state index in [9.17, 15) is 0 Å². The molecule has 0 bridgehead atoms. The topological polar surface area (TPSA) is 30.5 Å². The van der Waals surface area contributed by atoms with Crippen molar-refractivity contribution in [3.63, 3.8) is 0 Å². The molecule has 0 radical (unpaired) electrons. The van der Waals surface area contributed by atoms with Crippen LogP contribution in [0.15, 0.2) is 24.3 Å². The summed E-state index contributed by atoms with van der Waals surface area (Å²) in [5.74, 6) is 0.888. The van der Waals surface area contributed by atoms with Crippen molar-refractivity contribution in [3.05, 3.63) is 29.8 Å². The van der Waals surface area contributed by atoms with Gasteiger partial charge >= 0.3 is 0 Å². The molecule has 0 aromatic heterocycles. The second-order valence-corrected chi connectivity index (χ2v) is 3.53. The van der Waals surface area contributed by atoms with E-state index in [0.29, 0.717) is 6.61 Å². The number of ether oxygens (including phenoxy) is 2. The summed E-state index contributed by atoms with van der Waals surface area (Å²) in [6.45, 7) is 3.45. The maximum absolute atomic E-state index is 5.55. The van der Waals surface area contributed by atoms with Crippen LogP contribution in [0.1, 0.15) is 12.5 Å². The highest BCUT2D eigenvalue weighted by atomic mass is 16.5. The minimum atomic E-state index is 0.127. The standard InChI is InChI=1S/C12H19NO2/c1-10(14-3)9-15-12-6-4-11(5-7-12)8-13-2/h4-7,10,13H,8-9H2,1-3H3. The van der Waals surface area contributed by atoms with Crippen LogP contribution in [0.4, 0.5) is 0 Å². The lowest BCUT2D eigenvalue weighted by Gasteiger charge is -2.11. The molecule has 1 aromatic rings. The number of nitrogens with one attached hydrogen (secondary N) is 1. The fourth-order valence-electron chi connectivity index (χ4n) is 1.19. The van der Waals surface area contributed by atoms with Crippen molar-refractivity contribution in [2.45, 2.75) is 19.6 Å². The van der Waals surface area contributed by atoms with Gasteiger partial charge in [0, 0.05) is 13.7 Å². The van der Waals surface area contributed by atoms with Gasteiger partial charge in [-0.2, -0.15) is 0 Å². The molecule has 0 saturated heterocycles. The smallest absolute Gasteiger partial charge is 0.119 e. The lowest BCUT2D eigenvalue weighted by molar-refractivity contribution is 0.0716. The molecule has 1 atom stereocenters. The van der Waals surface area contributed by atoms with E-state index in [4.69, 9.17) is 9.47 Å². The monoisotopic (exact) mass is 209 g/mol. The molecule has 15 heavy (non-hydrogen) atoms. The first-order valence-electron chi connectivity index (χ1n) is 5.15. The third-order valence-electron chi connectivity index (χ3n) is 2.19. The molecule has 1 aromatic carbocycles. The third-order valence-corrected chi connectivity index (χ3v) is 2.19. The summed E-state index contributed by atoms with van der Waals surface area (Å²) in [6.07, 6.45) is 0.127. The zero-order valence-corrected chi connectivity index (χ0v) is 9.62. The first kappa shape index (κ1) is 12.0. The molecule has 1 unspecified atom stereocenters. The van der Waals surface area contributed by atoms with Gasteiger partial charge in [-0.3, -0.25) is 0 Å². The highest BCUT2D eigenvalue weighted by molar-refractivity contribution is 5.27. The predicted octanol–water partition coefficient (Wildman–Crippen LogP) is 1.82. The molecule has 0 heterocycles. The van der Waals surface area contributed by atoms with Crippen LogP contribution >= 0.6 is 0 Å². The van der Waals surface area contributed by atoms with Gasteiger partial charge in [0.1, 0.15) is 12.4 Å². The van der Waals surface area contributed by atoms with E-state index in [2.05, 4.69) is 17.4 Å². The lowest BCUT2D eigenvalue weighted by atomic mass is 10.2. The maximum atomic E-state index is 5.55. The van der Waals surface area contributed by atoms with Crippen LogP contribution in [0.5, 0.6) is 5.75 Å². The predicted molar refractivity (Wildman–Crippen MR) is 61.2 cm³/mol. The SMILES string of the molecule is CNCc1ccc(OCC(C)OC)cc1. The first-order valence-corrected chi connectivity index (χ1v) is 5.15. The molecule has 0 amide bonds. The van der Waals surface area contributed by atoms with Gasteiger partial charge in [-0.25, -0.2) is 0 Å². The molecule has 84 valence electrons. The largest absolute Gasteiger partial charge is 0.491 e. The van der Waals surface area contributed by atoms with Crippen LogP contribution in [0.2, 0.25) is 0 Å². The second-order valence-electron chi connectivity index (χ2n) is 3.53. The van der Waals surface area contributed by atoms with E-state index in [1.54, 1.807) is 7.11 Å². The van der Waals surface area contributed by atoms with Crippen LogP contribution in [0.25, 0.3) is 0 Å². The first-order chi connectivity index (χ1) is 7.26. The van der Waals surface area contributed by atoms with Crippen molar-refractivity contribution in [1.82, 2.24) is 5.32 Å². The summed E-state index contributed by atoms with van der Waals surface area (Å²) in [6, 6.07) is 8.08. The normalized spacial score (nSPS) is 12.5. The Balaban J connectivity index is 2.42. The highest BCUT2D eigenvalue weighted by Gasteiger charge is 2.00. The molecule has 1 rings (SSSR count). The molecular formula is C12H19NO2. The van der Waals surface area contributed by atoms with E-state index in [-0.39, 0.29) is 6.10 Å². The summed E-state index contributed by atoms with van der Waals surface area (Å²) in [7, 11) is 3.62. The summed E-state index contributed by atoms with van der Waals surface area (Å²) < 4.78 is 10.6. The Kier molecular flexibility index (Phi) is 5.15. The lowest BCUT2D eigenvalue weighted by Crippen LogP contribution is -2.15. The molecule has 0 saturated carbocycles. The number of rotatable bonds is 6. The van der Waals surface area contributed by atoms with Crippen LogP contribution in [-0.2, 0) is 11.3 Å². The minimum Gasteiger partial charge on any atom is -0.491 e. The summed E-state index contributed by atoms with van der Waals surface area (Å²) in [5.41, 5.74) is 1.25. The van der Waals surface area contributed by atoms with Gasteiger partial charge in [0.15, 0.2) is 0 Å². The summed E-state index contributed by atoms with van der Waals surface area (Å²) in [5, 5.41) is 3.10. The van der Waals surface area contributed by atoms with Crippen molar-refractivity contribution >= 4 is 0 Å². The minimum absolute atomic E-state index is 0.127. The molecule has 1 N–H and O–H groups in total. The van der Waals surface area contributed by atoms with E-state index in [1.165, 1.54) is 5.56 Å². The zero-order chi connectivity index (χ0) is 11.1. The fourth-order valence-corrected chi connectivity index (χ4v) is 1.19. The van der Waals surface area contributed by atoms with Crippen LogP contribution in [0, 0.1) is 0 Å². The Hall–Kier alpha value is -1.06. The van der Waals surface area contributed by atoms with Crippen molar-refractivity contribution < 1.29 is 9.47 Å². The number of benzene rings is 1. The zero-order valence-electron chi connectivity index (χ0n) is 9.62. The number of hydrogen-bond acceptors (Lipinski definition) is 3. The van der Waals surface area contributed by atoms with Crippen molar-refractivity contribution in [3.8, 4) is 5.75 Å². The molecule has 0 aliphatic heterocycles. The average Bonchev–Trinajstić information content (AvgIpc) is 2.28. The maximum Gasteiger partial charge on any atom is 0.119 e. The van der Waals surface area contributed by atoms with Crippen molar-refractivity contribution in [2.75, 3.05) is 20.8 Å². The molecule has 0 spiro atoms. The Morgan fingerprint density at radius 2 is 1.93 bits per heavy atom. The molecule has 0 aliphatic rings. The van der Waals surface area contributed by atoms with Gasteiger partial charge in [0.2, 0.25) is 0 Å². The van der Waals surface area contributed by atoms with Gasteiger partial charge in [-0.05, 0) is 31.7 Å². The van der Waals surface area contributed by atoms with E-state index in [1.807, 2.05) is 26.1 Å². The fraction of sp³-hybridized carbons (Fsp3) is 0.500. The molecule has 3 nitrogen and oxygen atoms in total. The van der Waals surface area contributed by atoms with Gasteiger partial charge < -0.3 is 14.8 Å². The Labute approximate surface area is 91.4 Å². The van der Waals surface area contributed by atoms with E-state index < -0.39 is 0 Å². The average molecular weight is 209 g/mol. The van der Waals surface area contributed by atoms with Gasteiger partial charge in [-0.15, -0.1) is 0 Å². The van der Waals surface area contributed by atoms with Gasteiger partial charge in [-0.1, -0.05) is 12.1 Å². The van der Waals surface area contributed by atoms with E-state index >= 15 is 0 Å². The molecule has 3 heteroatoms. The van der Waals surface area contributed by atoms with Crippen molar-refractivity contribution in [2.24, 2.45) is 0 Å². The third kappa shape index (κ3) is 4.32. The Morgan fingerprint density at radius 1 is 1.27 bits per heavy atom. The van der Waals surface area contributed by atoms with Crippen LogP contribution < -0.4 is 10.1 Å². The second kappa shape index (κ2) is 6.43. The molecule has 0 fully saturated rings. The van der Waals surface area contributed by atoms with Crippen LogP contribution in [-0.4, -0.2) is 26.9 Å². The summed E-state index contributed by atoms with van der Waals surface area (Å²) >= 11 is 0. The summed E-state index contributed by atoms with van der Waals surface area (Å²) in [4.78, 5) is 0.